The fraction of sp³-hybridized carbons (Fsp3) is 0.500. The lowest BCUT2D eigenvalue weighted by molar-refractivity contribution is -0.660. The van der Waals surface area contributed by atoms with Crippen molar-refractivity contribution in [3.8, 4) is 11.3 Å². The predicted octanol–water partition coefficient (Wildman–Crippen LogP) is 5.39. The highest BCUT2D eigenvalue weighted by Gasteiger charge is 2.24. The molecule has 1 aromatic carbocycles. The van der Waals surface area contributed by atoms with Gasteiger partial charge in [0.25, 0.3) is 0 Å². The summed E-state index contributed by atoms with van der Waals surface area (Å²) in [7, 11) is 1.93. The van der Waals surface area contributed by atoms with Gasteiger partial charge in [0, 0.05) is 21.3 Å². The van der Waals surface area contributed by atoms with Crippen molar-refractivity contribution in [1.82, 2.24) is 0 Å². The van der Waals surface area contributed by atoms with E-state index in [9.17, 15) is 0 Å². The maximum Gasteiger partial charge on any atom is 0.212 e. The Hall–Kier alpha value is -1.63. The van der Waals surface area contributed by atoms with E-state index in [-0.39, 0.29) is 10.8 Å². The van der Waals surface area contributed by atoms with Crippen LogP contribution in [-0.2, 0) is 17.9 Å². The second-order valence-corrected chi connectivity index (χ2v) is 8.63. The Morgan fingerprint density at radius 1 is 0.913 bits per heavy atom. The molecular weight excluding hydrogens is 278 g/mol. The Labute approximate surface area is 146 Å². The number of hydrogen-bond acceptors (Lipinski definition) is 0. The van der Waals surface area contributed by atoms with Crippen molar-refractivity contribution in [2.45, 2.75) is 66.1 Å². The molecule has 0 aliphatic rings. The normalized spacial score (nSPS) is 15.0. The summed E-state index contributed by atoms with van der Waals surface area (Å²) in [4.78, 5) is 0. The first-order valence-corrected chi connectivity index (χ1v) is 8.28. The van der Waals surface area contributed by atoms with Gasteiger partial charge in [0.05, 0.1) is 0 Å². The van der Waals surface area contributed by atoms with Gasteiger partial charge in [-0.1, -0.05) is 53.7 Å². The van der Waals surface area contributed by atoms with Crippen LogP contribution in [0.25, 0.3) is 11.3 Å². The Balaban J connectivity index is 2.80. The molecule has 0 unspecified atom stereocenters. The molecule has 124 valence electrons. The van der Waals surface area contributed by atoms with Crippen molar-refractivity contribution in [2.75, 3.05) is 0 Å². The highest BCUT2D eigenvalue weighted by molar-refractivity contribution is 5.64. The molecule has 1 aromatic heterocycles. The predicted molar refractivity (Wildman–Crippen MR) is 99.9 cm³/mol. The second-order valence-electron chi connectivity index (χ2n) is 8.63. The standard InChI is InChI=1S/C22H32N/c1-15-10-11-17(21(3,4)5)12-18(15)20-13-19(22(6,7)8)16(2)14-23(20)9/h10-14H,1-9H3/q+1/i2D3. The summed E-state index contributed by atoms with van der Waals surface area (Å²) < 4.78 is 25.8. The van der Waals surface area contributed by atoms with E-state index in [1.54, 1.807) is 6.20 Å². The van der Waals surface area contributed by atoms with Crippen LogP contribution >= 0.6 is 0 Å². The summed E-state index contributed by atoms with van der Waals surface area (Å²) in [6.45, 7) is 12.8. The van der Waals surface area contributed by atoms with Crippen molar-refractivity contribution >= 4 is 0 Å². The molecule has 1 nitrogen and oxygen atoms in total. The van der Waals surface area contributed by atoms with E-state index in [4.69, 9.17) is 4.11 Å². The Morgan fingerprint density at radius 2 is 1.57 bits per heavy atom. The minimum atomic E-state index is -2.12. The van der Waals surface area contributed by atoms with Gasteiger partial charge in [-0.2, -0.15) is 0 Å². The van der Waals surface area contributed by atoms with Crippen LogP contribution in [0.15, 0.2) is 30.5 Å². The number of aryl methyl sites for hydroxylation is 3. The number of hydrogen-bond donors (Lipinski definition) is 0. The molecule has 0 bridgehead atoms. The average Bonchev–Trinajstić information content (AvgIpc) is 2.44. The maximum absolute atomic E-state index is 7.94. The number of pyridine rings is 1. The zero-order valence-electron chi connectivity index (χ0n) is 18.8. The molecule has 0 saturated heterocycles. The lowest BCUT2D eigenvalue weighted by Crippen LogP contribution is -2.33. The number of benzene rings is 1. The van der Waals surface area contributed by atoms with E-state index in [2.05, 4.69) is 72.7 Å². The van der Waals surface area contributed by atoms with E-state index in [1.807, 2.05) is 11.6 Å². The van der Waals surface area contributed by atoms with E-state index >= 15 is 0 Å². The third-order valence-corrected chi connectivity index (χ3v) is 4.46. The van der Waals surface area contributed by atoms with E-state index in [0.717, 1.165) is 16.8 Å². The largest absolute Gasteiger partial charge is 0.212 e. The molecule has 23 heavy (non-hydrogen) atoms. The van der Waals surface area contributed by atoms with Crippen LogP contribution in [0.3, 0.4) is 0 Å². The zero-order chi connectivity index (χ0) is 20.1. The number of rotatable bonds is 1. The molecule has 0 amide bonds. The smallest absolute Gasteiger partial charge is 0.201 e. The molecular formula is C22H32N+. The first kappa shape index (κ1) is 13.8. The summed E-state index contributed by atoms with van der Waals surface area (Å²) in [5.41, 5.74) is 5.79. The topological polar surface area (TPSA) is 3.88 Å². The monoisotopic (exact) mass is 313 g/mol. The van der Waals surface area contributed by atoms with Gasteiger partial charge in [-0.05, 0) is 47.4 Å². The summed E-state index contributed by atoms with van der Waals surface area (Å²) >= 11 is 0. The second kappa shape index (κ2) is 5.78. The van der Waals surface area contributed by atoms with Crippen LogP contribution in [-0.4, -0.2) is 0 Å². The molecule has 0 spiro atoms. The first-order valence-electron chi connectivity index (χ1n) is 9.78. The fourth-order valence-electron chi connectivity index (χ4n) is 2.90. The van der Waals surface area contributed by atoms with Gasteiger partial charge in [0.2, 0.25) is 5.69 Å². The molecule has 1 heterocycles. The third-order valence-electron chi connectivity index (χ3n) is 4.46. The average molecular weight is 314 g/mol. The molecule has 1 heteroatoms. The van der Waals surface area contributed by atoms with Crippen LogP contribution < -0.4 is 4.57 Å². The van der Waals surface area contributed by atoms with Crippen molar-refractivity contribution in [3.63, 3.8) is 0 Å². The summed E-state index contributed by atoms with van der Waals surface area (Å²) in [5, 5.41) is 0. The zero-order valence-corrected chi connectivity index (χ0v) is 15.8. The number of aromatic nitrogens is 1. The molecule has 2 rings (SSSR count). The van der Waals surface area contributed by atoms with E-state index in [1.165, 1.54) is 11.1 Å². The lowest BCUT2D eigenvalue weighted by atomic mass is 9.82. The minimum Gasteiger partial charge on any atom is -0.201 e. The minimum absolute atomic E-state index is 0.0620. The first-order chi connectivity index (χ1) is 11.6. The molecule has 0 radical (unpaired) electrons. The SMILES string of the molecule is [2H]C([2H])([2H])c1c[n+](C)c(-c2cc(C(C)(C)C)ccc2C)cc1C(C)(C)C. The molecule has 2 aromatic rings. The quantitative estimate of drug-likeness (QED) is 0.621. The Morgan fingerprint density at radius 3 is 2.09 bits per heavy atom. The van der Waals surface area contributed by atoms with Crippen molar-refractivity contribution in [1.29, 1.82) is 0 Å². The van der Waals surface area contributed by atoms with Gasteiger partial charge < -0.3 is 0 Å². The highest BCUT2D eigenvalue weighted by Crippen LogP contribution is 2.32. The Kier molecular flexibility index (Phi) is 3.46. The maximum atomic E-state index is 7.94. The van der Waals surface area contributed by atoms with Gasteiger partial charge in [0.15, 0.2) is 6.20 Å². The lowest BCUT2D eigenvalue weighted by Gasteiger charge is -2.23. The van der Waals surface area contributed by atoms with E-state index in [0.29, 0.717) is 5.56 Å². The van der Waals surface area contributed by atoms with Crippen LogP contribution in [0.1, 0.15) is 67.9 Å². The molecule has 0 fully saturated rings. The summed E-state index contributed by atoms with van der Waals surface area (Å²) in [6, 6.07) is 8.65. The fourth-order valence-corrected chi connectivity index (χ4v) is 2.90. The van der Waals surface area contributed by atoms with Crippen molar-refractivity contribution < 1.29 is 8.68 Å². The van der Waals surface area contributed by atoms with Crippen LogP contribution in [0, 0.1) is 13.8 Å². The van der Waals surface area contributed by atoms with Gasteiger partial charge in [-0.15, -0.1) is 0 Å². The van der Waals surface area contributed by atoms with Crippen LogP contribution in [0.4, 0.5) is 0 Å². The van der Waals surface area contributed by atoms with Gasteiger partial charge >= 0.3 is 0 Å². The van der Waals surface area contributed by atoms with Crippen LogP contribution in [0.5, 0.6) is 0 Å². The summed E-state index contributed by atoms with van der Waals surface area (Å²) in [5.74, 6) is 0. The van der Waals surface area contributed by atoms with Gasteiger partial charge in [0.1, 0.15) is 7.05 Å². The van der Waals surface area contributed by atoms with Crippen molar-refractivity contribution in [2.24, 2.45) is 7.05 Å². The van der Waals surface area contributed by atoms with Gasteiger partial charge in [-0.3, -0.25) is 0 Å². The molecule has 0 aliphatic heterocycles. The van der Waals surface area contributed by atoms with E-state index < -0.39 is 6.85 Å². The molecule has 0 N–H and O–H groups in total. The van der Waals surface area contributed by atoms with Crippen molar-refractivity contribution in [3.05, 3.63) is 52.7 Å². The summed E-state index contributed by atoms with van der Waals surface area (Å²) in [6.07, 6.45) is 1.78. The molecule has 0 saturated carbocycles. The Bertz CT molecular complexity index is 819. The van der Waals surface area contributed by atoms with Crippen LogP contribution in [0.2, 0.25) is 0 Å². The number of nitrogens with zero attached hydrogens (tertiary/aromatic N) is 1. The third kappa shape index (κ3) is 3.65. The molecule has 0 atom stereocenters. The molecule has 0 aliphatic carbocycles. The van der Waals surface area contributed by atoms with Gasteiger partial charge in [-0.25, -0.2) is 4.57 Å². The highest BCUT2D eigenvalue weighted by atomic mass is 14.9.